The minimum atomic E-state index is 0.637. The predicted octanol–water partition coefficient (Wildman–Crippen LogP) is 5.45. The number of thioether (sulfide) groups is 1. The van der Waals surface area contributed by atoms with E-state index < -0.39 is 0 Å². The van der Waals surface area contributed by atoms with Crippen molar-refractivity contribution in [2.45, 2.75) is 4.90 Å². The second-order valence-electron chi connectivity index (χ2n) is 5.67. The number of nitrogens with zero attached hydrogens (tertiary/aromatic N) is 3. The molecule has 0 fully saturated rings. The lowest BCUT2D eigenvalue weighted by molar-refractivity contribution is 0.415. The number of hydrogen-bond donors (Lipinski definition) is 0. The second-order valence-corrected chi connectivity index (χ2v) is 6.96. The Morgan fingerprint density at radius 1 is 1.12 bits per heavy atom. The Morgan fingerprint density at radius 2 is 1.92 bits per heavy atom. The van der Waals surface area contributed by atoms with Gasteiger partial charge in [-0.25, -0.2) is 9.97 Å². The molecule has 4 rings (SSSR count). The molecule has 0 N–H and O–H groups in total. The van der Waals surface area contributed by atoms with E-state index in [0.29, 0.717) is 10.8 Å². The van der Waals surface area contributed by atoms with Gasteiger partial charge in [-0.3, -0.25) is 4.40 Å². The first-order chi connectivity index (χ1) is 12.7. The number of rotatable bonds is 4. The summed E-state index contributed by atoms with van der Waals surface area (Å²) in [6, 6.07) is 15.8. The van der Waals surface area contributed by atoms with Gasteiger partial charge in [0.1, 0.15) is 5.75 Å². The molecule has 2 heterocycles. The lowest BCUT2D eigenvalue weighted by Crippen LogP contribution is -1.92. The van der Waals surface area contributed by atoms with E-state index in [1.165, 1.54) is 0 Å². The Hall–Kier alpha value is -2.50. The van der Waals surface area contributed by atoms with Crippen LogP contribution in [-0.4, -0.2) is 27.7 Å². The summed E-state index contributed by atoms with van der Waals surface area (Å²) in [7, 11) is 1.66. The number of fused-ring (bicyclic) bond motifs is 1. The minimum Gasteiger partial charge on any atom is -0.497 e. The van der Waals surface area contributed by atoms with Crippen molar-refractivity contribution in [3.63, 3.8) is 0 Å². The molecule has 0 aliphatic heterocycles. The first-order valence-electron chi connectivity index (χ1n) is 8.02. The molecule has 0 aliphatic carbocycles. The number of halogens is 1. The number of methoxy groups -OCH3 is 1. The Bertz CT molecular complexity index is 1080. The van der Waals surface area contributed by atoms with Crippen LogP contribution in [0.5, 0.6) is 5.75 Å². The van der Waals surface area contributed by atoms with Crippen LogP contribution < -0.4 is 4.74 Å². The molecule has 26 heavy (non-hydrogen) atoms. The molecule has 4 aromatic rings. The van der Waals surface area contributed by atoms with E-state index in [9.17, 15) is 0 Å². The summed E-state index contributed by atoms with van der Waals surface area (Å²) >= 11 is 8.28. The molecule has 4 nitrogen and oxygen atoms in total. The number of aromatic nitrogens is 3. The third-order valence-electron chi connectivity index (χ3n) is 4.20. The van der Waals surface area contributed by atoms with Crippen LogP contribution in [0.25, 0.3) is 28.3 Å². The molecule has 0 radical (unpaired) electrons. The quantitative estimate of drug-likeness (QED) is 0.441. The minimum absolute atomic E-state index is 0.637. The Labute approximate surface area is 160 Å². The molecule has 0 bridgehead atoms. The van der Waals surface area contributed by atoms with Crippen LogP contribution in [0.15, 0.2) is 65.8 Å². The fourth-order valence-electron chi connectivity index (χ4n) is 2.91. The van der Waals surface area contributed by atoms with Crippen molar-refractivity contribution in [1.82, 2.24) is 14.4 Å². The summed E-state index contributed by atoms with van der Waals surface area (Å²) in [5.74, 6) is 1.44. The van der Waals surface area contributed by atoms with E-state index in [-0.39, 0.29) is 0 Å². The van der Waals surface area contributed by atoms with Crippen LogP contribution in [-0.2, 0) is 0 Å². The van der Waals surface area contributed by atoms with Gasteiger partial charge in [-0.2, -0.15) is 0 Å². The highest BCUT2D eigenvalue weighted by atomic mass is 35.5. The molecule has 0 spiro atoms. The highest BCUT2D eigenvalue weighted by molar-refractivity contribution is 7.98. The van der Waals surface area contributed by atoms with Gasteiger partial charge in [-0.05, 0) is 48.7 Å². The predicted molar refractivity (Wildman–Crippen MR) is 107 cm³/mol. The zero-order valence-electron chi connectivity index (χ0n) is 14.3. The maximum Gasteiger partial charge on any atom is 0.234 e. The largest absolute Gasteiger partial charge is 0.497 e. The standard InChI is InChI=1S/C20H16ClN3OS/c1-25-14-6-4-13(5-7-14)18-19(24-11-3-10-22-20(24)23-18)16-9-8-15(26-2)12-17(16)21/h3-12H,1-2H3. The van der Waals surface area contributed by atoms with Crippen molar-refractivity contribution in [3.8, 4) is 28.3 Å². The summed E-state index contributed by atoms with van der Waals surface area (Å²) in [5, 5.41) is 0.692. The van der Waals surface area contributed by atoms with E-state index in [4.69, 9.17) is 21.3 Å². The van der Waals surface area contributed by atoms with Crippen molar-refractivity contribution in [3.05, 3.63) is 65.9 Å². The second kappa shape index (κ2) is 7.02. The van der Waals surface area contributed by atoms with E-state index in [1.54, 1.807) is 25.1 Å². The van der Waals surface area contributed by atoms with Gasteiger partial charge < -0.3 is 4.74 Å². The SMILES string of the molecule is COc1ccc(-c2nc3ncccn3c2-c2ccc(SC)cc2Cl)cc1. The Kier molecular flexibility index (Phi) is 4.57. The van der Waals surface area contributed by atoms with Crippen molar-refractivity contribution in [2.75, 3.05) is 13.4 Å². The lowest BCUT2D eigenvalue weighted by Gasteiger charge is -2.09. The number of ether oxygens (including phenoxy) is 1. The zero-order valence-corrected chi connectivity index (χ0v) is 15.9. The van der Waals surface area contributed by atoms with Gasteiger partial charge in [0.2, 0.25) is 5.78 Å². The highest BCUT2D eigenvalue weighted by Crippen LogP contribution is 2.38. The van der Waals surface area contributed by atoms with Crippen LogP contribution >= 0.6 is 23.4 Å². The van der Waals surface area contributed by atoms with Crippen molar-refractivity contribution in [1.29, 1.82) is 0 Å². The summed E-state index contributed by atoms with van der Waals surface area (Å²) in [6.07, 6.45) is 5.73. The van der Waals surface area contributed by atoms with Gasteiger partial charge in [0.05, 0.1) is 23.5 Å². The maximum absolute atomic E-state index is 6.61. The molecule has 130 valence electrons. The molecule has 0 amide bonds. The van der Waals surface area contributed by atoms with E-state index >= 15 is 0 Å². The summed E-state index contributed by atoms with van der Waals surface area (Å²) < 4.78 is 7.23. The van der Waals surface area contributed by atoms with Gasteiger partial charge in [-0.15, -0.1) is 11.8 Å². The van der Waals surface area contributed by atoms with Crippen molar-refractivity contribution >= 4 is 29.1 Å². The third kappa shape index (κ3) is 2.93. The summed E-state index contributed by atoms with van der Waals surface area (Å²) in [5.41, 5.74) is 3.67. The molecule has 0 aliphatic rings. The highest BCUT2D eigenvalue weighted by Gasteiger charge is 2.18. The fourth-order valence-corrected chi connectivity index (χ4v) is 3.68. The van der Waals surface area contributed by atoms with Crippen LogP contribution in [0.1, 0.15) is 0 Å². The molecular formula is C20H16ClN3OS. The molecule has 0 saturated carbocycles. The molecular weight excluding hydrogens is 366 g/mol. The average Bonchev–Trinajstić information content (AvgIpc) is 3.07. The summed E-state index contributed by atoms with van der Waals surface area (Å²) in [4.78, 5) is 10.3. The van der Waals surface area contributed by atoms with Crippen LogP contribution in [0, 0.1) is 0 Å². The number of benzene rings is 2. The first-order valence-corrected chi connectivity index (χ1v) is 9.63. The molecule has 0 unspecified atom stereocenters. The lowest BCUT2D eigenvalue weighted by atomic mass is 10.0. The average molecular weight is 382 g/mol. The van der Waals surface area contributed by atoms with Crippen LogP contribution in [0.2, 0.25) is 5.02 Å². The van der Waals surface area contributed by atoms with Gasteiger partial charge >= 0.3 is 0 Å². The molecule has 0 saturated heterocycles. The van der Waals surface area contributed by atoms with Crippen molar-refractivity contribution < 1.29 is 4.74 Å². The van der Waals surface area contributed by atoms with E-state index in [1.807, 2.05) is 59.3 Å². The number of imidazole rings is 1. The van der Waals surface area contributed by atoms with Gasteiger partial charge in [0.15, 0.2) is 0 Å². The molecule has 0 atom stereocenters. The van der Waals surface area contributed by atoms with Crippen molar-refractivity contribution in [2.24, 2.45) is 0 Å². The van der Waals surface area contributed by atoms with Gasteiger partial charge in [0, 0.05) is 28.4 Å². The molecule has 2 aromatic carbocycles. The Morgan fingerprint density at radius 3 is 2.62 bits per heavy atom. The normalized spacial score (nSPS) is 11.0. The summed E-state index contributed by atoms with van der Waals surface area (Å²) in [6.45, 7) is 0. The maximum atomic E-state index is 6.61. The topological polar surface area (TPSA) is 39.4 Å². The fraction of sp³-hybridized carbons (Fsp3) is 0.100. The first kappa shape index (κ1) is 16.9. The van der Waals surface area contributed by atoms with E-state index in [0.717, 1.165) is 33.2 Å². The van der Waals surface area contributed by atoms with E-state index in [2.05, 4.69) is 11.1 Å². The van der Waals surface area contributed by atoms with Gasteiger partial charge in [0.25, 0.3) is 0 Å². The molecule has 2 aromatic heterocycles. The molecule has 6 heteroatoms. The smallest absolute Gasteiger partial charge is 0.234 e. The van der Waals surface area contributed by atoms with Crippen LogP contribution in [0.3, 0.4) is 0 Å². The number of hydrogen-bond acceptors (Lipinski definition) is 4. The van der Waals surface area contributed by atoms with Gasteiger partial charge in [-0.1, -0.05) is 17.7 Å². The monoisotopic (exact) mass is 381 g/mol. The van der Waals surface area contributed by atoms with Crippen LogP contribution in [0.4, 0.5) is 0 Å². The third-order valence-corrected chi connectivity index (χ3v) is 5.24. The Balaban J connectivity index is 1.97. The zero-order chi connectivity index (χ0) is 18.1.